The number of benzene rings is 2. The molecule has 2 aliphatic rings. The summed E-state index contributed by atoms with van der Waals surface area (Å²) < 4.78 is 2.02. The maximum atomic E-state index is 12.6. The molecule has 0 bridgehead atoms. The molecule has 164 valence electrons. The van der Waals surface area contributed by atoms with Gasteiger partial charge in [-0.1, -0.05) is 30.3 Å². The van der Waals surface area contributed by atoms with E-state index in [0.717, 1.165) is 44.1 Å². The molecule has 0 aliphatic carbocycles. The fraction of sp³-hybridized carbons (Fsp3) is 0.320. The van der Waals surface area contributed by atoms with Crippen LogP contribution in [0.5, 0.6) is 0 Å². The molecule has 32 heavy (non-hydrogen) atoms. The summed E-state index contributed by atoms with van der Waals surface area (Å²) in [4.78, 5) is 31.3. The van der Waals surface area contributed by atoms with E-state index >= 15 is 0 Å². The third-order valence-electron chi connectivity index (χ3n) is 6.51. The van der Waals surface area contributed by atoms with Crippen molar-refractivity contribution in [3.63, 3.8) is 0 Å². The van der Waals surface area contributed by atoms with Gasteiger partial charge in [0.2, 0.25) is 0 Å². The Bertz CT molecular complexity index is 1130. The first kappa shape index (κ1) is 20.6. The fourth-order valence-corrected chi connectivity index (χ4v) is 4.60. The summed E-state index contributed by atoms with van der Waals surface area (Å²) in [5.41, 5.74) is 5.59. The van der Waals surface area contributed by atoms with Crippen molar-refractivity contribution in [2.75, 3.05) is 32.8 Å². The molecule has 0 radical (unpaired) electrons. The van der Waals surface area contributed by atoms with Crippen LogP contribution in [-0.4, -0.2) is 69.1 Å². The number of carbonyl (C=O) groups excluding carboxylic acids is 2. The van der Waals surface area contributed by atoms with Gasteiger partial charge in [0.05, 0.1) is 29.2 Å². The van der Waals surface area contributed by atoms with E-state index in [0.29, 0.717) is 17.8 Å². The molecule has 7 heteroatoms. The minimum Gasteiger partial charge on any atom is -0.296 e. The monoisotopic (exact) mass is 429 g/mol. The molecule has 2 aliphatic heterocycles. The van der Waals surface area contributed by atoms with Gasteiger partial charge >= 0.3 is 0 Å². The summed E-state index contributed by atoms with van der Waals surface area (Å²) in [5, 5.41) is 4.76. The number of fused-ring (bicyclic) bond motifs is 1. The molecule has 3 heterocycles. The minimum atomic E-state index is -0.187. The van der Waals surface area contributed by atoms with Crippen LogP contribution in [0, 0.1) is 13.8 Å². The first-order valence-corrected chi connectivity index (χ1v) is 11.0. The zero-order valence-electron chi connectivity index (χ0n) is 18.5. The molecular weight excluding hydrogens is 402 g/mol. The first-order chi connectivity index (χ1) is 15.5. The summed E-state index contributed by atoms with van der Waals surface area (Å²) in [6, 6.07) is 17.3. The molecule has 1 aromatic heterocycles. The zero-order chi connectivity index (χ0) is 22.2. The molecule has 0 spiro atoms. The number of rotatable bonds is 5. The predicted octanol–water partition coefficient (Wildman–Crippen LogP) is 2.86. The molecule has 0 atom stereocenters. The number of piperazine rings is 1. The van der Waals surface area contributed by atoms with Crippen molar-refractivity contribution in [1.29, 1.82) is 0 Å². The number of aryl methyl sites for hydroxylation is 1. The van der Waals surface area contributed by atoms with Crippen molar-refractivity contribution >= 4 is 11.8 Å². The molecule has 1 fully saturated rings. The lowest BCUT2D eigenvalue weighted by Crippen LogP contribution is -2.50. The Labute approximate surface area is 187 Å². The van der Waals surface area contributed by atoms with Crippen LogP contribution in [0.25, 0.3) is 5.69 Å². The molecule has 5 rings (SSSR count). The molecule has 0 unspecified atom stereocenters. The Morgan fingerprint density at radius 1 is 0.781 bits per heavy atom. The van der Waals surface area contributed by atoms with E-state index in [2.05, 4.69) is 35.8 Å². The molecule has 2 aromatic carbocycles. The summed E-state index contributed by atoms with van der Waals surface area (Å²) in [5.74, 6) is -0.375. The Balaban J connectivity index is 1.21. The molecular formula is C25H27N5O2. The normalized spacial score (nSPS) is 17.2. The molecule has 0 saturated carbocycles. The van der Waals surface area contributed by atoms with Crippen LogP contribution >= 0.6 is 0 Å². The molecule has 7 nitrogen and oxygen atoms in total. The number of para-hydroxylation sites is 1. The third kappa shape index (κ3) is 3.63. The highest BCUT2D eigenvalue weighted by atomic mass is 16.2. The lowest BCUT2D eigenvalue weighted by molar-refractivity contribution is 0.0447. The molecule has 0 N–H and O–H groups in total. The second kappa shape index (κ2) is 8.33. The summed E-state index contributed by atoms with van der Waals surface area (Å²) >= 11 is 0. The maximum Gasteiger partial charge on any atom is 0.262 e. The van der Waals surface area contributed by atoms with Crippen LogP contribution in [0.1, 0.15) is 37.7 Å². The second-order valence-corrected chi connectivity index (χ2v) is 8.52. The van der Waals surface area contributed by atoms with Crippen LogP contribution in [0.2, 0.25) is 0 Å². The minimum absolute atomic E-state index is 0.187. The standard InChI is InChI=1S/C25H27N5O2/c1-18-23(19(2)30(26-18)20-8-4-3-5-9-20)16-27-12-14-28(15-13-27)17-29-24(31)21-10-6-7-11-22(21)25(29)32/h3-11H,12-17H2,1-2H3. The van der Waals surface area contributed by atoms with Crippen molar-refractivity contribution in [3.05, 3.63) is 82.7 Å². The third-order valence-corrected chi connectivity index (χ3v) is 6.51. The number of hydrogen-bond donors (Lipinski definition) is 0. The molecule has 3 aromatic rings. The SMILES string of the molecule is Cc1nn(-c2ccccc2)c(C)c1CN1CCN(CN2C(=O)c3ccccc3C2=O)CC1. The first-order valence-electron chi connectivity index (χ1n) is 11.0. The smallest absolute Gasteiger partial charge is 0.262 e. The van der Waals surface area contributed by atoms with Gasteiger partial charge in [-0.05, 0) is 38.1 Å². The number of imide groups is 1. The Kier molecular flexibility index (Phi) is 5.36. The quantitative estimate of drug-likeness (QED) is 0.584. The van der Waals surface area contributed by atoms with Crippen LogP contribution in [-0.2, 0) is 6.54 Å². The number of carbonyl (C=O) groups is 2. The van der Waals surface area contributed by atoms with Gasteiger partial charge in [0.1, 0.15) is 0 Å². The van der Waals surface area contributed by atoms with E-state index in [1.165, 1.54) is 16.2 Å². The van der Waals surface area contributed by atoms with Gasteiger partial charge in [-0.25, -0.2) is 4.68 Å². The van der Waals surface area contributed by atoms with Gasteiger partial charge in [-0.2, -0.15) is 5.10 Å². The summed E-state index contributed by atoms with van der Waals surface area (Å²) in [7, 11) is 0. The van der Waals surface area contributed by atoms with E-state index in [1.54, 1.807) is 24.3 Å². The zero-order valence-corrected chi connectivity index (χ0v) is 18.5. The molecule has 1 saturated heterocycles. The van der Waals surface area contributed by atoms with Gasteiger partial charge < -0.3 is 0 Å². The van der Waals surface area contributed by atoms with Gasteiger partial charge in [0.25, 0.3) is 11.8 Å². The topological polar surface area (TPSA) is 61.7 Å². The second-order valence-electron chi connectivity index (χ2n) is 8.52. The van der Waals surface area contributed by atoms with E-state index < -0.39 is 0 Å². The summed E-state index contributed by atoms with van der Waals surface area (Å²) in [6.45, 7) is 8.81. The van der Waals surface area contributed by atoms with Crippen LogP contribution in [0.3, 0.4) is 0 Å². The van der Waals surface area contributed by atoms with Crippen LogP contribution in [0.4, 0.5) is 0 Å². The maximum absolute atomic E-state index is 12.6. The van der Waals surface area contributed by atoms with Crippen molar-refractivity contribution in [2.45, 2.75) is 20.4 Å². The lowest BCUT2D eigenvalue weighted by Gasteiger charge is -2.36. The van der Waals surface area contributed by atoms with Crippen molar-refractivity contribution < 1.29 is 9.59 Å². The largest absolute Gasteiger partial charge is 0.296 e. The average molecular weight is 430 g/mol. The van der Waals surface area contributed by atoms with Gasteiger partial charge in [-0.3, -0.25) is 24.3 Å². The number of amides is 2. The molecule has 2 amide bonds. The highest BCUT2D eigenvalue weighted by Crippen LogP contribution is 2.24. The number of hydrogen-bond acceptors (Lipinski definition) is 5. The van der Waals surface area contributed by atoms with E-state index in [-0.39, 0.29) is 11.8 Å². The lowest BCUT2D eigenvalue weighted by atomic mass is 10.1. The van der Waals surface area contributed by atoms with Crippen molar-refractivity contribution in [2.24, 2.45) is 0 Å². The van der Waals surface area contributed by atoms with Gasteiger partial charge in [0.15, 0.2) is 0 Å². The average Bonchev–Trinajstić information content (AvgIpc) is 3.24. The van der Waals surface area contributed by atoms with Crippen molar-refractivity contribution in [1.82, 2.24) is 24.5 Å². The Hall–Kier alpha value is -3.29. The Morgan fingerprint density at radius 3 is 1.97 bits per heavy atom. The van der Waals surface area contributed by atoms with Crippen molar-refractivity contribution in [3.8, 4) is 5.69 Å². The Morgan fingerprint density at radius 2 is 1.34 bits per heavy atom. The van der Waals surface area contributed by atoms with Gasteiger partial charge in [0, 0.05) is 44.0 Å². The highest BCUT2D eigenvalue weighted by molar-refractivity contribution is 6.21. The number of aromatic nitrogens is 2. The van der Waals surface area contributed by atoms with Crippen LogP contribution < -0.4 is 0 Å². The number of nitrogens with zero attached hydrogens (tertiary/aromatic N) is 5. The highest BCUT2D eigenvalue weighted by Gasteiger charge is 2.36. The van der Waals surface area contributed by atoms with E-state index in [4.69, 9.17) is 5.10 Å². The fourth-order valence-electron chi connectivity index (χ4n) is 4.60. The van der Waals surface area contributed by atoms with Gasteiger partial charge in [-0.15, -0.1) is 0 Å². The predicted molar refractivity (Wildman–Crippen MR) is 122 cm³/mol. The summed E-state index contributed by atoms with van der Waals surface area (Å²) in [6.07, 6.45) is 0. The van der Waals surface area contributed by atoms with E-state index in [9.17, 15) is 9.59 Å². The van der Waals surface area contributed by atoms with E-state index in [1.807, 2.05) is 22.9 Å². The van der Waals surface area contributed by atoms with Crippen LogP contribution in [0.15, 0.2) is 54.6 Å².